The number of halogens is 1. The lowest BCUT2D eigenvalue weighted by Gasteiger charge is -2.43. The summed E-state index contributed by atoms with van der Waals surface area (Å²) in [5.41, 5.74) is 5.01. The summed E-state index contributed by atoms with van der Waals surface area (Å²) in [4.78, 5) is 30.1. The molecule has 26 heavy (non-hydrogen) atoms. The van der Waals surface area contributed by atoms with Gasteiger partial charge in [-0.05, 0) is 48.3 Å². The molecule has 4 N–H and O–H groups in total. The Kier molecular flexibility index (Phi) is 4.02. The SMILES string of the molecule is COC1c2[nH]c(=O)[nH]c(=O)c2C(C)=C(F)C1(c1csc(CN)c1)C1CC1. The van der Waals surface area contributed by atoms with Crippen molar-refractivity contribution in [2.24, 2.45) is 11.7 Å². The molecule has 0 bridgehead atoms. The van der Waals surface area contributed by atoms with Crippen molar-refractivity contribution in [1.29, 1.82) is 0 Å². The van der Waals surface area contributed by atoms with E-state index in [0.29, 0.717) is 12.2 Å². The molecule has 2 aliphatic carbocycles. The second-order valence-electron chi connectivity index (χ2n) is 6.90. The van der Waals surface area contributed by atoms with Crippen molar-refractivity contribution in [3.05, 3.63) is 59.8 Å². The molecule has 0 spiro atoms. The van der Waals surface area contributed by atoms with Gasteiger partial charge in [-0.3, -0.25) is 9.78 Å². The average Bonchev–Trinajstić information content (AvgIpc) is 3.34. The van der Waals surface area contributed by atoms with E-state index in [-0.39, 0.29) is 22.9 Å². The maximum atomic E-state index is 15.9. The molecule has 2 atom stereocenters. The molecule has 2 heterocycles. The van der Waals surface area contributed by atoms with Gasteiger partial charge in [0.1, 0.15) is 11.9 Å². The number of thiophene rings is 1. The number of fused-ring (bicyclic) bond motifs is 1. The van der Waals surface area contributed by atoms with Crippen LogP contribution in [0.3, 0.4) is 0 Å². The van der Waals surface area contributed by atoms with Crippen molar-refractivity contribution in [3.63, 3.8) is 0 Å². The van der Waals surface area contributed by atoms with Crippen LogP contribution in [0.15, 0.2) is 26.9 Å². The minimum absolute atomic E-state index is 0.0403. The Hall–Kier alpha value is -2.03. The minimum Gasteiger partial charge on any atom is -0.374 e. The average molecular weight is 377 g/mol. The van der Waals surface area contributed by atoms with E-state index < -0.39 is 22.8 Å². The number of nitrogens with two attached hydrogens (primary N) is 1. The first-order valence-electron chi connectivity index (χ1n) is 8.49. The number of H-pyrrole nitrogens is 2. The first-order valence-corrected chi connectivity index (χ1v) is 9.37. The van der Waals surface area contributed by atoms with E-state index in [1.807, 2.05) is 11.4 Å². The smallest absolute Gasteiger partial charge is 0.326 e. The van der Waals surface area contributed by atoms with Gasteiger partial charge >= 0.3 is 5.69 Å². The standard InChI is InChI=1S/C18H20FN3O3S/c1-8-12-13(21-17(24)22-16(12)23)15(25-2)18(14(8)19,9-3-4-9)10-5-11(6-20)26-7-10/h5,7,9,15H,3-4,6,20H2,1-2H3,(H2,21,22,23,24). The van der Waals surface area contributed by atoms with E-state index in [1.54, 1.807) is 6.92 Å². The van der Waals surface area contributed by atoms with Crippen LogP contribution in [-0.4, -0.2) is 17.1 Å². The Bertz CT molecular complexity index is 1020. The quantitative estimate of drug-likeness (QED) is 0.761. The maximum Gasteiger partial charge on any atom is 0.326 e. The first kappa shape index (κ1) is 17.4. The number of aromatic amines is 2. The zero-order valence-corrected chi connectivity index (χ0v) is 15.3. The fraction of sp³-hybridized carbons (Fsp3) is 0.444. The van der Waals surface area contributed by atoms with Gasteiger partial charge < -0.3 is 15.5 Å². The van der Waals surface area contributed by atoms with Crippen molar-refractivity contribution in [3.8, 4) is 0 Å². The van der Waals surface area contributed by atoms with Crippen LogP contribution in [0.1, 0.15) is 47.6 Å². The van der Waals surface area contributed by atoms with Crippen LogP contribution in [0.4, 0.5) is 4.39 Å². The molecule has 2 unspecified atom stereocenters. The number of hydrogen-bond acceptors (Lipinski definition) is 5. The van der Waals surface area contributed by atoms with Gasteiger partial charge in [-0.1, -0.05) is 0 Å². The third kappa shape index (κ3) is 2.22. The molecule has 2 aliphatic rings. The number of nitrogens with one attached hydrogen (secondary N) is 2. The Balaban J connectivity index is 2.07. The fourth-order valence-electron chi connectivity index (χ4n) is 4.29. The lowest BCUT2D eigenvalue weighted by Crippen LogP contribution is -2.44. The van der Waals surface area contributed by atoms with Crippen LogP contribution in [0.2, 0.25) is 0 Å². The molecule has 0 aromatic carbocycles. The zero-order valence-electron chi connectivity index (χ0n) is 14.5. The highest BCUT2D eigenvalue weighted by Crippen LogP contribution is 2.62. The zero-order chi connectivity index (χ0) is 18.6. The number of ether oxygens (including phenoxy) is 1. The highest BCUT2D eigenvalue weighted by atomic mass is 32.1. The summed E-state index contributed by atoms with van der Waals surface area (Å²) in [5, 5.41) is 1.91. The largest absolute Gasteiger partial charge is 0.374 e. The summed E-state index contributed by atoms with van der Waals surface area (Å²) < 4.78 is 21.6. The molecule has 0 radical (unpaired) electrons. The maximum absolute atomic E-state index is 15.9. The van der Waals surface area contributed by atoms with Gasteiger partial charge in [0, 0.05) is 18.5 Å². The molecule has 0 saturated heterocycles. The number of aromatic nitrogens is 2. The summed E-state index contributed by atoms with van der Waals surface area (Å²) >= 11 is 1.48. The van der Waals surface area contributed by atoms with Crippen molar-refractivity contribution < 1.29 is 9.13 Å². The van der Waals surface area contributed by atoms with Crippen molar-refractivity contribution >= 4 is 16.9 Å². The molecule has 6 nitrogen and oxygen atoms in total. The van der Waals surface area contributed by atoms with Crippen LogP contribution in [0.5, 0.6) is 0 Å². The molecule has 1 fully saturated rings. The second kappa shape index (κ2) is 6.00. The van der Waals surface area contributed by atoms with Crippen LogP contribution in [0.25, 0.3) is 5.57 Å². The first-order chi connectivity index (χ1) is 12.4. The van der Waals surface area contributed by atoms with Crippen LogP contribution in [0, 0.1) is 5.92 Å². The van der Waals surface area contributed by atoms with Crippen LogP contribution >= 0.6 is 11.3 Å². The van der Waals surface area contributed by atoms with Gasteiger partial charge in [0.15, 0.2) is 0 Å². The molecule has 1 saturated carbocycles. The lowest BCUT2D eigenvalue weighted by atomic mass is 9.65. The monoisotopic (exact) mass is 377 g/mol. The Labute approximate surface area is 152 Å². The van der Waals surface area contributed by atoms with Gasteiger partial charge in [0.05, 0.1) is 16.7 Å². The van der Waals surface area contributed by atoms with Gasteiger partial charge in [-0.15, -0.1) is 11.3 Å². The van der Waals surface area contributed by atoms with E-state index in [9.17, 15) is 9.59 Å². The van der Waals surface area contributed by atoms with Crippen molar-refractivity contribution in [2.45, 2.75) is 37.8 Å². The predicted octanol–water partition coefficient (Wildman–Crippen LogP) is 2.33. The molecular weight excluding hydrogens is 357 g/mol. The van der Waals surface area contributed by atoms with Gasteiger partial charge in [0.2, 0.25) is 0 Å². The van der Waals surface area contributed by atoms with Gasteiger partial charge in [-0.2, -0.15) is 0 Å². The third-order valence-corrected chi connectivity index (χ3v) is 6.46. The van der Waals surface area contributed by atoms with E-state index in [4.69, 9.17) is 10.5 Å². The van der Waals surface area contributed by atoms with E-state index in [2.05, 4.69) is 9.97 Å². The van der Waals surface area contributed by atoms with E-state index in [0.717, 1.165) is 23.3 Å². The molecule has 138 valence electrons. The Morgan fingerprint density at radius 2 is 2.12 bits per heavy atom. The summed E-state index contributed by atoms with van der Waals surface area (Å²) in [6, 6.07) is 1.91. The Morgan fingerprint density at radius 3 is 2.69 bits per heavy atom. The third-order valence-electron chi connectivity index (χ3n) is 5.50. The molecule has 8 heteroatoms. The highest BCUT2D eigenvalue weighted by Gasteiger charge is 2.59. The molecule has 2 aromatic rings. The number of methoxy groups -OCH3 is 1. The molecular formula is C18H20FN3O3S. The summed E-state index contributed by atoms with van der Waals surface area (Å²) in [6.45, 7) is 1.96. The molecule has 4 rings (SSSR count). The summed E-state index contributed by atoms with van der Waals surface area (Å²) in [7, 11) is 1.48. The van der Waals surface area contributed by atoms with Crippen molar-refractivity contribution in [1.82, 2.24) is 9.97 Å². The number of hydrogen-bond donors (Lipinski definition) is 3. The molecule has 2 aromatic heterocycles. The molecule has 0 amide bonds. The van der Waals surface area contributed by atoms with Crippen LogP contribution < -0.4 is 17.0 Å². The number of rotatable bonds is 4. The van der Waals surface area contributed by atoms with E-state index >= 15 is 4.39 Å². The second-order valence-corrected chi connectivity index (χ2v) is 7.90. The van der Waals surface area contributed by atoms with Gasteiger partial charge in [-0.25, -0.2) is 9.18 Å². The van der Waals surface area contributed by atoms with Gasteiger partial charge in [0.25, 0.3) is 5.56 Å². The van der Waals surface area contributed by atoms with Crippen molar-refractivity contribution in [2.75, 3.05) is 7.11 Å². The molecule has 0 aliphatic heterocycles. The summed E-state index contributed by atoms with van der Waals surface area (Å²) in [6.07, 6.45) is 0.928. The fourth-order valence-corrected chi connectivity index (χ4v) is 5.12. The Morgan fingerprint density at radius 1 is 1.38 bits per heavy atom. The van der Waals surface area contributed by atoms with E-state index in [1.165, 1.54) is 18.4 Å². The predicted molar refractivity (Wildman–Crippen MR) is 97.7 cm³/mol. The number of allylic oxidation sites excluding steroid dienone is 1. The highest BCUT2D eigenvalue weighted by molar-refractivity contribution is 7.10. The minimum atomic E-state index is -1.05. The van der Waals surface area contributed by atoms with Crippen LogP contribution in [-0.2, 0) is 16.7 Å². The lowest BCUT2D eigenvalue weighted by molar-refractivity contribution is 0.0195. The topological polar surface area (TPSA) is 101 Å². The normalized spacial score (nSPS) is 25.5. The summed E-state index contributed by atoms with van der Waals surface area (Å²) in [5.74, 6) is -0.322.